The van der Waals surface area contributed by atoms with Crippen molar-refractivity contribution >= 4 is 28.7 Å². The highest BCUT2D eigenvalue weighted by Gasteiger charge is 2.39. The van der Waals surface area contributed by atoms with Crippen molar-refractivity contribution in [1.29, 1.82) is 0 Å². The molecule has 9 heteroatoms. The molecule has 29 heavy (non-hydrogen) atoms. The number of aromatic nitrogens is 5. The number of aryl methyl sites for hydroxylation is 1. The molecule has 1 unspecified atom stereocenters. The first kappa shape index (κ1) is 18.6. The number of methoxy groups -OCH3 is 1. The van der Waals surface area contributed by atoms with Crippen LogP contribution in [0, 0.1) is 19.8 Å². The van der Waals surface area contributed by atoms with Gasteiger partial charge in [0.15, 0.2) is 5.65 Å². The van der Waals surface area contributed by atoms with Crippen LogP contribution in [0.1, 0.15) is 35.4 Å². The second-order valence-electron chi connectivity index (χ2n) is 8.02. The summed E-state index contributed by atoms with van der Waals surface area (Å²) in [5.41, 5.74) is 17.3. The Morgan fingerprint density at radius 2 is 2.07 bits per heavy atom. The van der Waals surface area contributed by atoms with E-state index in [4.69, 9.17) is 21.3 Å². The van der Waals surface area contributed by atoms with E-state index in [1.807, 2.05) is 24.7 Å². The molecule has 3 aromatic heterocycles. The van der Waals surface area contributed by atoms with Crippen LogP contribution in [0.4, 0.5) is 5.95 Å². The van der Waals surface area contributed by atoms with Crippen LogP contribution in [0.15, 0.2) is 11.2 Å². The van der Waals surface area contributed by atoms with Gasteiger partial charge in [-0.2, -0.15) is 10.1 Å². The molecule has 0 bridgehead atoms. The zero-order valence-electron chi connectivity index (χ0n) is 16.8. The molecule has 2 aliphatic rings. The van der Waals surface area contributed by atoms with E-state index >= 15 is 0 Å². The molecule has 0 saturated heterocycles. The van der Waals surface area contributed by atoms with Crippen molar-refractivity contribution in [3.63, 3.8) is 0 Å². The molecular weight excluding hydrogens is 386 g/mol. The molecule has 1 saturated carbocycles. The third-order valence-electron chi connectivity index (χ3n) is 5.88. The zero-order chi connectivity index (χ0) is 20.3. The Morgan fingerprint density at radius 3 is 2.79 bits per heavy atom. The normalized spacial score (nSPS) is 21.4. The van der Waals surface area contributed by atoms with Gasteiger partial charge in [0.1, 0.15) is 10.8 Å². The molecule has 0 amide bonds. The number of nitrogen functional groups attached to an aromatic ring is 1. The lowest BCUT2D eigenvalue weighted by atomic mass is 10.0. The molecule has 1 aliphatic heterocycles. The molecule has 0 aromatic carbocycles. The van der Waals surface area contributed by atoms with Crippen LogP contribution in [0.5, 0.6) is 5.75 Å². The van der Waals surface area contributed by atoms with Crippen molar-refractivity contribution in [1.82, 2.24) is 24.7 Å². The summed E-state index contributed by atoms with van der Waals surface area (Å²) in [7, 11) is 1.68. The van der Waals surface area contributed by atoms with Crippen molar-refractivity contribution < 1.29 is 4.74 Å². The van der Waals surface area contributed by atoms with E-state index in [0.717, 1.165) is 50.7 Å². The molecule has 0 radical (unpaired) electrons. The lowest BCUT2D eigenvalue weighted by Gasteiger charge is -2.20. The number of hydrogen-bond acceptors (Lipinski definition) is 8. The van der Waals surface area contributed by atoms with E-state index in [-0.39, 0.29) is 12.0 Å². The molecule has 1 fully saturated rings. The average molecular weight is 412 g/mol. The molecule has 4 heterocycles. The van der Waals surface area contributed by atoms with E-state index < -0.39 is 0 Å². The topological polar surface area (TPSA) is 118 Å². The highest BCUT2D eigenvalue weighted by molar-refractivity contribution is 8.00. The number of nitrogens with two attached hydrogens (primary N) is 2. The highest BCUT2D eigenvalue weighted by atomic mass is 32.2. The first-order chi connectivity index (χ1) is 14.0. The highest BCUT2D eigenvalue weighted by Crippen LogP contribution is 2.46. The maximum atomic E-state index is 6.57. The first-order valence-electron chi connectivity index (χ1n) is 9.90. The lowest BCUT2D eigenvalue weighted by Crippen LogP contribution is -2.35. The fourth-order valence-electron chi connectivity index (χ4n) is 4.26. The summed E-state index contributed by atoms with van der Waals surface area (Å²) < 4.78 is 7.43. The van der Waals surface area contributed by atoms with Crippen LogP contribution in [-0.2, 0) is 13.0 Å². The Bertz CT molecular complexity index is 1110. The van der Waals surface area contributed by atoms with Gasteiger partial charge in [-0.1, -0.05) is 0 Å². The quantitative estimate of drug-likeness (QED) is 0.628. The van der Waals surface area contributed by atoms with Crippen LogP contribution in [0.25, 0.3) is 11.0 Å². The predicted octanol–water partition coefficient (Wildman–Crippen LogP) is 2.23. The summed E-state index contributed by atoms with van der Waals surface area (Å²) in [5.74, 6) is 1.79. The maximum Gasteiger partial charge on any atom is 0.223 e. The van der Waals surface area contributed by atoms with Crippen molar-refractivity contribution in [2.75, 3.05) is 12.8 Å². The van der Waals surface area contributed by atoms with Crippen LogP contribution < -0.4 is 16.2 Å². The van der Waals surface area contributed by atoms with Crippen molar-refractivity contribution in [3.8, 4) is 5.75 Å². The van der Waals surface area contributed by atoms with Gasteiger partial charge < -0.3 is 16.2 Å². The number of nitrogens with zero attached hydrogens (tertiary/aromatic N) is 5. The SMILES string of the molecule is COc1c(C)cnc(Cn2nc3c4c(nc(N)nc42)S[C@@H](C2CC2)C(N)C3)c1C. The number of rotatable bonds is 4. The number of anilines is 1. The molecule has 1 aliphatic carbocycles. The van der Waals surface area contributed by atoms with E-state index in [1.54, 1.807) is 18.9 Å². The first-order valence-corrected chi connectivity index (χ1v) is 10.8. The molecule has 3 aromatic rings. The van der Waals surface area contributed by atoms with E-state index in [1.165, 1.54) is 12.8 Å². The third-order valence-corrected chi connectivity index (χ3v) is 7.41. The van der Waals surface area contributed by atoms with Gasteiger partial charge in [0.25, 0.3) is 0 Å². The molecule has 152 valence electrons. The monoisotopic (exact) mass is 411 g/mol. The van der Waals surface area contributed by atoms with Gasteiger partial charge in [-0.3, -0.25) is 4.98 Å². The number of pyridine rings is 1. The fourth-order valence-corrected chi connectivity index (χ4v) is 5.73. The van der Waals surface area contributed by atoms with Crippen LogP contribution in [0.3, 0.4) is 0 Å². The van der Waals surface area contributed by atoms with Gasteiger partial charge in [-0.05, 0) is 32.6 Å². The fraction of sp³-hybridized carbons (Fsp3) is 0.500. The van der Waals surface area contributed by atoms with E-state index in [9.17, 15) is 0 Å². The Labute approximate surface area is 173 Å². The zero-order valence-corrected chi connectivity index (χ0v) is 17.7. The van der Waals surface area contributed by atoms with Gasteiger partial charge in [0, 0.05) is 35.0 Å². The second kappa shape index (κ2) is 6.84. The van der Waals surface area contributed by atoms with Crippen LogP contribution in [0.2, 0.25) is 0 Å². The largest absolute Gasteiger partial charge is 0.496 e. The van der Waals surface area contributed by atoms with Crippen molar-refractivity contribution in [2.24, 2.45) is 11.7 Å². The molecule has 8 nitrogen and oxygen atoms in total. The minimum Gasteiger partial charge on any atom is -0.496 e. The maximum absolute atomic E-state index is 6.57. The molecule has 4 N–H and O–H groups in total. The van der Waals surface area contributed by atoms with Gasteiger partial charge in [-0.15, -0.1) is 11.8 Å². The third kappa shape index (κ3) is 3.12. The summed E-state index contributed by atoms with van der Waals surface area (Å²) in [6.45, 7) is 4.50. The second-order valence-corrected chi connectivity index (χ2v) is 9.19. The molecule has 5 rings (SSSR count). The summed E-state index contributed by atoms with van der Waals surface area (Å²) in [6, 6.07) is 0.0498. The molecular formula is C20H25N7OS. The van der Waals surface area contributed by atoms with Crippen LogP contribution in [-0.4, -0.2) is 43.1 Å². The van der Waals surface area contributed by atoms with Gasteiger partial charge in [0.2, 0.25) is 5.95 Å². The van der Waals surface area contributed by atoms with E-state index in [0.29, 0.717) is 17.7 Å². The number of ether oxygens (including phenoxy) is 1. The minimum absolute atomic E-state index is 0.0498. The van der Waals surface area contributed by atoms with Crippen molar-refractivity contribution in [2.45, 2.75) is 56.0 Å². The minimum atomic E-state index is 0.0498. The Kier molecular flexibility index (Phi) is 4.40. The summed E-state index contributed by atoms with van der Waals surface area (Å²) in [4.78, 5) is 13.7. The number of hydrogen-bond donors (Lipinski definition) is 2. The lowest BCUT2D eigenvalue weighted by molar-refractivity contribution is 0.406. The smallest absolute Gasteiger partial charge is 0.223 e. The standard InChI is InChI=1S/C20H25N7OS/c1-9-7-23-14(10(2)16(9)28-3)8-27-18-15-13(26-27)6-12(21)17(11-4-5-11)29-19(15)25-20(22)24-18/h7,11-12,17H,4-6,8,21H2,1-3H3,(H2,22,24,25)/t12?,17-/m0/s1. The van der Waals surface area contributed by atoms with E-state index in [2.05, 4.69) is 15.0 Å². The van der Waals surface area contributed by atoms with Crippen molar-refractivity contribution in [3.05, 3.63) is 28.7 Å². The van der Waals surface area contributed by atoms with Gasteiger partial charge in [-0.25, -0.2) is 9.67 Å². The summed E-state index contributed by atoms with van der Waals surface area (Å²) in [5, 5.41) is 7.14. The van der Waals surface area contributed by atoms with Gasteiger partial charge in [0.05, 0.1) is 30.4 Å². The van der Waals surface area contributed by atoms with Gasteiger partial charge >= 0.3 is 0 Å². The predicted molar refractivity (Wildman–Crippen MR) is 113 cm³/mol. The molecule has 2 atom stereocenters. The Morgan fingerprint density at radius 1 is 1.28 bits per heavy atom. The average Bonchev–Trinajstić information content (AvgIpc) is 3.47. The summed E-state index contributed by atoms with van der Waals surface area (Å²) in [6.07, 6.45) is 5.04. The Balaban J connectivity index is 1.61. The number of thioether (sulfide) groups is 1. The van der Waals surface area contributed by atoms with Crippen LogP contribution >= 0.6 is 11.8 Å². The molecule has 0 spiro atoms. The summed E-state index contributed by atoms with van der Waals surface area (Å²) >= 11 is 1.75. The Hall–Kier alpha value is -2.39.